The molecule has 3 fully saturated rings. The highest BCUT2D eigenvalue weighted by Gasteiger charge is 2.49. The number of amidine groups is 1. The predicted molar refractivity (Wildman–Crippen MR) is 115 cm³/mol. The number of allylic oxidation sites excluding steroid dienone is 1. The molecule has 2 saturated carbocycles. The van der Waals surface area contributed by atoms with Crippen LogP contribution in [-0.4, -0.2) is 27.4 Å². The van der Waals surface area contributed by atoms with Crippen molar-refractivity contribution in [1.82, 2.24) is 4.90 Å². The number of nitrogens with zero attached hydrogens (tertiary/aromatic N) is 2. The molecule has 1 aromatic carbocycles. The summed E-state index contributed by atoms with van der Waals surface area (Å²) in [5.41, 5.74) is 4.25. The maximum absolute atomic E-state index is 5.26. The zero-order valence-electron chi connectivity index (χ0n) is 16.3. The molecule has 0 amide bonds. The minimum absolute atomic E-state index is 0.412. The molecule has 0 atom stereocenters. The maximum Gasteiger partial charge on any atom is 0.165 e. The Hall–Kier alpha value is -1.22. The Bertz CT molecular complexity index is 694. The van der Waals surface area contributed by atoms with E-state index in [1.165, 1.54) is 79.1 Å². The van der Waals surface area contributed by atoms with Gasteiger partial charge in [-0.2, -0.15) is 0 Å². The molecule has 0 N–H and O–H groups in total. The summed E-state index contributed by atoms with van der Waals surface area (Å²) in [6.45, 7) is 4.32. The molecule has 1 aromatic rings. The summed E-state index contributed by atoms with van der Waals surface area (Å²) >= 11 is 2.02. The monoisotopic (exact) mass is 368 g/mol. The normalized spacial score (nSPS) is 24.7. The van der Waals surface area contributed by atoms with Crippen LogP contribution in [0.25, 0.3) is 6.08 Å². The van der Waals surface area contributed by atoms with E-state index in [1.54, 1.807) is 0 Å². The summed E-state index contributed by atoms with van der Waals surface area (Å²) in [5, 5.41) is 1.31. The SMILES string of the molecule is C/C=C/c1ccc(N=C2SCC3(CCCC3)N2C2CCCC2)c(CC)c1. The largest absolute Gasteiger partial charge is 0.342 e. The van der Waals surface area contributed by atoms with E-state index in [1.807, 2.05) is 11.8 Å². The van der Waals surface area contributed by atoms with Gasteiger partial charge in [-0.05, 0) is 62.3 Å². The average molecular weight is 369 g/mol. The van der Waals surface area contributed by atoms with Crippen LogP contribution in [-0.2, 0) is 6.42 Å². The Labute approximate surface area is 163 Å². The van der Waals surface area contributed by atoms with Crippen LogP contribution in [0.3, 0.4) is 0 Å². The van der Waals surface area contributed by atoms with Crippen LogP contribution < -0.4 is 0 Å². The van der Waals surface area contributed by atoms with E-state index < -0.39 is 0 Å². The molecule has 1 heterocycles. The molecule has 26 heavy (non-hydrogen) atoms. The first-order chi connectivity index (χ1) is 12.8. The summed E-state index contributed by atoms with van der Waals surface area (Å²) in [6, 6.07) is 7.48. The standard InChI is InChI=1S/C23H32N2S/c1-3-9-18-12-13-21(19(4-2)16-18)24-22-25(20-10-5-6-11-20)23(17-26-22)14-7-8-15-23/h3,9,12-13,16,20H,4-8,10-11,14-15,17H2,1-2H3/b9-3+,24-22?. The second-order valence-corrected chi connectivity index (χ2v) is 9.11. The van der Waals surface area contributed by atoms with Gasteiger partial charge in [0.2, 0.25) is 0 Å². The van der Waals surface area contributed by atoms with Crippen LogP contribution in [0, 0.1) is 0 Å². The molecule has 0 bridgehead atoms. The van der Waals surface area contributed by atoms with Crippen LogP contribution in [0.2, 0.25) is 0 Å². The first-order valence-corrected chi connectivity index (χ1v) is 11.5. The van der Waals surface area contributed by atoms with E-state index in [0.29, 0.717) is 5.54 Å². The fourth-order valence-corrected chi connectivity index (χ4v) is 6.62. The quantitative estimate of drug-likeness (QED) is 0.597. The van der Waals surface area contributed by atoms with Crippen LogP contribution in [0.15, 0.2) is 29.3 Å². The number of thioether (sulfide) groups is 1. The molecular formula is C23H32N2S. The summed E-state index contributed by atoms with van der Waals surface area (Å²) in [5.74, 6) is 1.25. The Balaban J connectivity index is 1.69. The fraction of sp³-hybridized carbons (Fsp3) is 0.609. The smallest absolute Gasteiger partial charge is 0.165 e. The molecule has 2 nitrogen and oxygen atoms in total. The van der Waals surface area contributed by atoms with E-state index in [0.717, 1.165) is 12.5 Å². The maximum atomic E-state index is 5.26. The lowest BCUT2D eigenvalue weighted by Gasteiger charge is -2.40. The second-order valence-electron chi connectivity index (χ2n) is 8.16. The molecule has 1 aliphatic heterocycles. The third-order valence-corrected chi connectivity index (χ3v) is 7.70. The van der Waals surface area contributed by atoms with Crippen LogP contribution in [0.1, 0.15) is 76.3 Å². The number of benzene rings is 1. The fourth-order valence-electron chi connectivity index (χ4n) is 5.15. The highest BCUT2D eigenvalue weighted by molar-refractivity contribution is 8.14. The molecule has 0 radical (unpaired) electrons. The molecule has 3 heteroatoms. The zero-order valence-corrected chi connectivity index (χ0v) is 17.2. The van der Waals surface area contributed by atoms with E-state index in [-0.39, 0.29) is 0 Å². The van der Waals surface area contributed by atoms with Crippen LogP contribution >= 0.6 is 11.8 Å². The van der Waals surface area contributed by atoms with Gasteiger partial charge in [0, 0.05) is 11.8 Å². The third-order valence-electron chi connectivity index (χ3n) is 6.47. The molecule has 140 valence electrons. The Kier molecular flexibility index (Phi) is 5.45. The molecule has 2 aliphatic carbocycles. The molecule has 0 aromatic heterocycles. The minimum atomic E-state index is 0.412. The first-order valence-electron chi connectivity index (χ1n) is 10.5. The highest BCUT2D eigenvalue weighted by Crippen LogP contribution is 2.48. The van der Waals surface area contributed by atoms with Crippen LogP contribution in [0.4, 0.5) is 5.69 Å². The van der Waals surface area contributed by atoms with E-state index >= 15 is 0 Å². The van der Waals surface area contributed by atoms with Crippen LogP contribution in [0.5, 0.6) is 0 Å². The van der Waals surface area contributed by atoms with Gasteiger partial charge >= 0.3 is 0 Å². The van der Waals surface area contributed by atoms with Crippen molar-refractivity contribution >= 4 is 28.7 Å². The van der Waals surface area contributed by atoms with Crippen molar-refractivity contribution in [3.63, 3.8) is 0 Å². The van der Waals surface area contributed by atoms with Crippen molar-refractivity contribution in [2.24, 2.45) is 4.99 Å². The van der Waals surface area contributed by atoms with Gasteiger partial charge < -0.3 is 4.90 Å². The molecule has 0 unspecified atom stereocenters. The lowest BCUT2D eigenvalue weighted by atomic mass is 9.95. The van der Waals surface area contributed by atoms with Gasteiger partial charge in [-0.1, -0.05) is 62.6 Å². The lowest BCUT2D eigenvalue weighted by molar-refractivity contribution is 0.163. The molecule has 4 rings (SSSR count). The zero-order chi connectivity index (χ0) is 18.0. The number of rotatable bonds is 4. The predicted octanol–water partition coefficient (Wildman–Crippen LogP) is 6.57. The summed E-state index contributed by atoms with van der Waals surface area (Å²) in [4.78, 5) is 8.06. The van der Waals surface area contributed by atoms with Crippen molar-refractivity contribution in [3.8, 4) is 0 Å². The van der Waals surface area contributed by atoms with E-state index in [4.69, 9.17) is 4.99 Å². The van der Waals surface area contributed by atoms with Gasteiger partial charge in [-0.15, -0.1) is 0 Å². The topological polar surface area (TPSA) is 15.6 Å². The van der Waals surface area contributed by atoms with Gasteiger partial charge in [0.25, 0.3) is 0 Å². The third kappa shape index (κ3) is 3.35. The van der Waals surface area contributed by atoms with Gasteiger partial charge in [-0.3, -0.25) is 0 Å². The number of aryl methyl sites for hydroxylation is 1. The second kappa shape index (κ2) is 7.80. The number of aliphatic imine (C=N–C) groups is 1. The van der Waals surface area contributed by atoms with Gasteiger partial charge in [0.05, 0.1) is 11.2 Å². The molecular weight excluding hydrogens is 336 g/mol. The molecule has 3 aliphatic rings. The van der Waals surface area contributed by atoms with E-state index in [2.05, 4.69) is 49.1 Å². The number of hydrogen-bond acceptors (Lipinski definition) is 2. The highest BCUT2D eigenvalue weighted by atomic mass is 32.2. The van der Waals surface area contributed by atoms with Gasteiger partial charge in [-0.25, -0.2) is 4.99 Å². The van der Waals surface area contributed by atoms with Crippen molar-refractivity contribution in [2.45, 2.75) is 83.2 Å². The first kappa shape index (κ1) is 18.2. The van der Waals surface area contributed by atoms with Crippen molar-refractivity contribution < 1.29 is 0 Å². The Morgan fingerprint density at radius 1 is 1.19 bits per heavy atom. The van der Waals surface area contributed by atoms with E-state index in [9.17, 15) is 0 Å². The molecule has 1 saturated heterocycles. The number of hydrogen-bond donors (Lipinski definition) is 0. The molecule has 1 spiro atoms. The van der Waals surface area contributed by atoms with Gasteiger partial charge in [0.1, 0.15) is 0 Å². The average Bonchev–Trinajstić information content (AvgIpc) is 3.40. The van der Waals surface area contributed by atoms with Crippen molar-refractivity contribution in [2.75, 3.05) is 5.75 Å². The van der Waals surface area contributed by atoms with Crippen molar-refractivity contribution in [1.29, 1.82) is 0 Å². The summed E-state index contributed by atoms with van der Waals surface area (Å²) in [6.07, 6.45) is 16.4. The Morgan fingerprint density at radius 2 is 1.96 bits per heavy atom. The van der Waals surface area contributed by atoms with Crippen molar-refractivity contribution in [3.05, 3.63) is 35.4 Å². The Morgan fingerprint density at radius 3 is 2.65 bits per heavy atom. The summed E-state index contributed by atoms with van der Waals surface area (Å²) < 4.78 is 0. The van der Waals surface area contributed by atoms with Gasteiger partial charge in [0.15, 0.2) is 5.17 Å². The lowest BCUT2D eigenvalue weighted by Crippen LogP contribution is -2.50. The summed E-state index contributed by atoms with van der Waals surface area (Å²) in [7, 11) is 0. The minimum Gasteiger partial charge on any atom is -0.342 e.